The molecule has 0 bridgehead atoms. The maximum absolute atomic E-state index is 5.67. The van der Waals surface area contributed by atoms with E-state index in [9.17, 15) is 0 Å². The summed E-state index contributed by atoms with van der Waals surface area (Å²) in [5, 5.41) is 3.61. The SMILES string of the molecule is CCNC1CCOCC1Cc1ccc(C(C)(C)C)cc1. The predicted octanol–water partition coefficient (Wildman–Crippen LogP) is 3.54. The quantitative estimate of drug-likeness (QED) is 0.907. The van der Waals surface area contributed by atoms with Gasteiger partial charge in [-0.25, -0.2) is 0 Å². The summed E-state index contributed by atoms with van der Waals surface area (Å²) in [4.78, 5) is 0. The van der Waals surface area contributed by atoms with Crippen LogP contribution in [-0.2, 0) is 16.6 Å². The minimum atomic E-state index is 0.235. The largest absolute Gasteiger partial charge is 0.381 e. The summed E-state index contributed by atoms with van der Waals surface area (Å²) in [5.74, 6) is 0.601. The molecule has 2 nitrogen and oxygen atoms in total. The van der Waals surface area contributed by atoms with Crippen LogP contribution in [0.5, 0.6) is 0 Å². The molecule has 0 aliphatic carbocycles. The molecule has 2 atom stereocenters. The van der Waals surface area contributed by atoms with Crippen LogP contribution in [0.1, 0.15) is 45.2 Å². The number of benzene rings is 1. The number of nitrogens with one attached hydrogen (secondary N) is 1. The summed E-state index contributed by atoms with van der Waals surface area (Å²) in [7, 11) is 0. The maximum atomic E-state index is 5.67. The van der Waals surface area contributed by atoms with Crippen molar-refractivity contribution in [3.63, 3.8) is 0 Å². The molecule has 0 radical (unpaired) electrons. The summed E-state index contributed by atoms with van der Waals surface area (Å²) in [6, 6.07) is 9.75. The third-order valence-corrected chi connectivity index (χ3v) is 4.26. The third kappa shape index (κ3) is 4.07. The molecule has 1 aromatic rings. The average Bonchev–Trinajstić information content (AvgIpc) is 2.41. The zero-order valence-corrected chi connectivity index (χ0v) is 13.4. The highest BCUT2D eigenvalue weighted by molar-refractivity contribution is 5.27. The Balaban J connectivity index is 2.01. The van der Waals surface area contributed by atoms with Gasteiger partial charge in [0.15, 0.2) is 0 Å². The Kier molecular flexibility index (Phi) is 5.22. The Hall–Kier alpha value is -0.860. The van der Waals surface area contributed by atoms with Crippen molar-refractivity contribution in [3.8, 4) is 0 Å². The highest BCUT2D eigenvalue weighted by Crippen LogP contribution is 2.24. The van der Waals surface area contributed by atoms with Crippen molar-refractivity contribution in [2.24, 2.45) is 5.92 Å². The molecule has 112 valence electrons. The maximum Gasteiger partial charge on any atom is 0.0512 e. The van der Waals surface area contributed by atoms with E-state index in [0.717, 1.165) is 32.6 Å². The number of hydrogen-bond acceptors (Lipinski definition) is 2. The Labute approximate surface area is 123 Å². The van der Waals surface area contributed by atoms with E-state index in [0.29, 0.717) is 12.0 Å². The van der Waals surface area contributed by atoms with E-state index in [-0.39, 0.29) is 5.41 Å². The van der Waals surface area contributed by atoms with Gasteiger partial charge in [0.05, 0.1) is 6.61 Å². The summed E-state index contributed by atoms with van der Waals surface area (Å²) < 4.78 is 5.67. The van der Waals surface area contributed by atoms with Crippen LogP contribution in [0.4, 0.5) is 0 Å². The lowest BCUT2D eigenvalue weighted by Crippen LogP contribution is -2.43. The van der Waals surface area contributed by atoms with Crippen molar-refractivity contribution < 1.29 is 4.74 Å². The molecular weight excluding hydrogens is 246 g/mol. The van der Waals surface area contributed by atoms with E-state index < -0.39 is 0 Å². The van der Waals surface area contributed by atoms with Crippen LogP contribution in [0.3, 0.4) is 0 Å². The van der Waals surface area contributed by atoms with Crippen LogP contribution >= 0.6 is 0 Å². The molecular formula is C18H29NO. The van der Waals surface area contributed by atoms with Gasteiger partial charge in [-0.05, 0) is 35.9 Å². The molecule has 0 amide bonds. The van der Waals surface area contributed by atoms with Gasteiger partial charge in [0.1, 0.15) is 0 Å². The van der Waals surface area contributed by atoms with Gasteiger partial charge in [-0.1, -0.05) is 52.0 Å². The lowest BCUT2D eigenvalue weighted by molar-refractivity contribution is 0.0327. The number of ether oxygens (including phenoxy) is 1. The fraction of sp³-hybridized carbons (Fsp3) is 0.667. The molecule has 1 heterocycles. The molecule has 0 spiro atoms. The van der Waals surface area contributed by atoms with Gasteiger partial charge in [0.2, 0.25) is 0 Å². The van der Waals surface area contributed by atoms with Gasteiger partial charge in [0, 0.05) is 18.6 Å². The predicted molar refractivity (Wildman–Crippen MR) is 85.2 cm³/mol. The lowest BCUT2D eigenvalue weighted by Gasteiger charge is -2.32. The van der Waals surface area contributed by atoms with Gasteiger partial charge >= 0.3 is 0 Å². The van der Waals surface area contributed by atoms with E-state index in [4.69, 9.17) is 4.74 Å². The Morgan fingerprint density at radius 1 is 1.20 bits per heavy atom. The van der Waals surface area contributed by atoms with Gasteiger partial charge in [-0.2, -0.15) is 0 Å². The summed E-state index contributed by atoms with van der Waals surface area (Å²) in [6.07, 6.45) is 2.25. The first-order chi connectivity index (χ1) is 9.50. The second kappa shape index (κ2) is 6.73. The molecule has 1 aliphatic heterocycles. The molecule has 2 heteroatoms. The average molecular weight is 275 g/mol. The van der Waals surface area contributed by atoms with Gasteiger partial charge < -0.3 is 10.1 Å². The fourth-order valence-corrected chi connectivity index (χ4v) is 2.97. The number of hydrogen-bond donors (Lipinski definition) is 1. The third-order valence-electron chi connectivity index (χ3n) is 4.26. The second-order valence-corrected chi connectivity index (χ2v) is 6.94. The first kappa shape index (κ1) is 15.5. The Bertz CT molecular complexity index is 402. The Morgan fingerprint density at radius 2 is 1.90 bits per heavy atom. The Morgan fingerprint density at radius 3 is 2.50 bits per heavy atom. The topological polar surface area (TPSA) is 21.3 Å². The van der Waals surface area contributed by atoms with Crippen LogP contribution in [0, 0.1) is 5.92 Å². The molecule has 1 aromatic carbocycles. The summed E-state index contributed by atoms with van der Waals surface area (Å²) in [5.41, 5.74) is 3.07. The first-order valence-electron chi connectivity index (χ1n) is 7.91. The molecule has 1 aliphatic rings. The highest BCUT2D eigenvalue weighted by Gasteiger charge is 2.25. The van der Waals surface area contributed by atoms with Crippen LogP contribution < -0.4 is 5.32 Å². The number of rotatable bonds is 4. The standard InChI is InChI=1S/C18H29NO/c1-5-19-17-10-11-20-13-15(17)12-14-6-8-16(9-7-14)18(2,3)4/h6-9,15,17,19H,5,10-13H2,1-4H3. The van der Waals surface area contributed by atoms with Crippen molar-refractivity contribution in [2.75, 3.05) is 19.8 Å². The second-order valence-electron chi connectivity index (χ2n) is 6.94. The molecule has 2 rings (SSSR count). The van der Waals surface area contributed by atoms with E-state index >= 15 is 0 Å². The molecule has 0 saturated carbocycles. The van der Waals surface area contributed by atoms with Crippen LogP contribution in [-0.4, -0.2) is 25.8 Å². The molecule has 1 saturated heterocycles. The molecule has 20 heavy (non-hydrogen) atoms. The van der Waals surface area contributed by atoms with Crippen molar-refractivity contribution >= 4 is 0 Å². The van der Waals surface area contributed by atoms with Crippen LogP contribution in [0.25, 0.3) is 0 Å². The first-order valence-corrected chi connectivity index (χ1v) is 7.91. The van der Waals surface area contributed by atoms with Crippen LogP contribution in [0.15, 0.2) is 24.3 Å². The van der Waals surface area contributed by atoms with Crippen LogP contribution in [0.2, 0.25) is 0 Å². The summed E-state index contributed by atoms with van der Waals surface area (Å²) >= 11 is 0. The smallest absolute Gasteiger partial charge is 0.0512 e. The van der Waals surface area contributed by atoms with E-state index in [1.54, 1.807) is 0 Å². The zero-order chi connectivity index (χ0) is 14.6. The van der Waals surface area contributed by atoms with Crippen molar-refractivity contribution in [3.05, 3.63) is 35.4 Å². The van der Waals surface area contributed by atoms with E-state index in [2.05, 4.69) is 57.3 Å². The van der Waals surface area contributed by atoms with Crippen molar-refractivity contribution in [1.82, 2.24) is 5.32 Å². The lowest BCUT2D eigenvalue weighted by atomic mass is 9.85. The normalized spacial score (nSPS) is 23.8. The molecule has 1 N–H and O–H groups in total. The molecule has 1 fully saturated rings. The molecule has 2 unspecified atom stereocenters. The summed E-state index contributed by atoms with van der Waals surface area (Å²) in [6.45, 7) is 11.8. The minimum absolute atomic E-state index is 0.235. The highest BCUT2D eigenvalue weighted by atomic mass is 16.5. The van der Waals surface area contributed by atoms with E-state index in [1.165, 1.54) is 11.1 Å². The van der Waals surface area contributed by atoms with Gasteiger partial charge in [-0.3, -0.25) is 0 Å². The monoisotopic (exact) mass is 275 g/mol. The van der Waals surface area contributed by atoms with Crippen molar-refractivity contribution in [2.45, 2.75) is 52.0 Å². The van der Waals surface area contributed by atoms with Gasteiger partial charge in [0.25, 0.3) is 0 Å². The van der Waals surface area contributed by atoms with E-state index in [1.807, 2.05) is 0 Å². The van der Waals surface area contributed by atoms with Crippen molar-refractivity contribution in [1.29, 1.82) is 0 Å². The zero-order valence-electron chi connectivity index (χ0n) is 13.4. The minimum Gasteiger partial charge on any atom is -0.381 e. The van der Waals surface area contributed by atoms with Gasteiger partial charge in [-0.15, -0.1) is 0 Å². The molecule has 0 aromatic heterocycles. The fourth-order valence-electron chi connectivity index (χ4n) is 2.97.